The highest BCUT2D eigenvalue weighted by atomic mass is 32.2. The van der Waals surface area contributed by atoms with E-state index < -0.39 is 16.1 Å². The SMILES string of the molecule is C[C@@H]1CN([C@@H](C)CO)S(=O)(=O)c2ccc(-c3cncnc3)cc2O[C@H]1CN(C)Cc1ccccc1. The standard InChI is InChI=1S/C26H32N4O4S/c1-19-14-30(20(2)17-31)35(32,33)26-10-9-22(23-12-27-18-28-13-23)11-24(26)34-25(19)16-29(3)15-21-7-5-4-6-8-21/h4-13,18-20,25,31H,14-17H2,1-3H3/t19-,20+,25+/m1/s1. The van der Waals surface area contributed by atoms with Crippen LogP contribution in [0.5, 0.6) is 5.75 Å². The summed E-state index contributed by atoms with van der Waals surface area (Å²) >= 11 is 0. The monoisotopic (exact) mass is 496 g/mol. The van der Waals surface area contributed by atoms with Gasteiger partial charge in [-0.1, -0.05) is 43.3 Å². The molecule has 0 saturated carbocycles. The molecule has 8 nitrogen and oxygen atoms in total. The Bertz CT molecular complexity index is 1220. The van der Waals surface area contributed by atoms with Gasteiger partial charge in [-0.25, -0.2) is 18.4 Å². The molecular formula is C26H32N4O4S. The first-order valence-electron chi connectivity index (χ1n) is 11.7. The maximum Gasteiger partial charge on any atom is 0.247 e. The molecule has 3 atom stereocenters. The van der Waals surface area contributed by atoms with Gasteiger partial charge in [-0.3, -0.25) is 4.90 Å². The highest BCUT2D eigenvalue weighted by molar-refractivity contribution is 7.89. The summed E-state index contributed by atoms with van der Waals surface area (Å²) in [4.78, 5) is 10.4. The second-order valence-corrected chi connectivity index (χ2v) is 11.1. The van der Waals surface area contributed by atoms with Crippen molar-refractivity contribution in [3.8, 4) is 16.9 Å². The number of likely N-dealkylation sites (N-methyl/N-ethyl adjacent to an activating group) is 1. The maximum absolute atomic E-state index is 13.6. The molecule has 9 heteroatoms. The van der Waals surface area contributed by atoms with Crippen molar-refractivity contribution in [1.29, 1.82) is 0 Å². The molecule has 2 heterocycles. The zero-order chi connectivity index (χ0) is 25.0. The lowest BCUT2D eigenvalue weighted by Gasteiger charge is -2.37. The van der Waals surface area contributed by atoms with Crippen LogP contribution in [0, 0.1) is 5.92 Å². The van der Waals surface area contributed by atoms with Gasteiger partial charge in [0, 0.05) is 49.6 Å². The Labute approximate surface area is 207 Å². The summed E-state index contributed by atoms with van der Waals surface area (Å²) in [5.41, 5.74) is 2.73. The third-order valence-electron chi connectivity index (χ3n) is 6.35. The number of sulfonamides is 1. The van der Waals surface area contributed by atoms with Crippen molar-refractivity contribution in [2.45, 2.75) is 37.4 Å². The van der Waals surface area contributed by atoms with Gasteiger partial charge < -0.3 is 9.84 Å². The first kappa shape index (κ1) is 25.2. The number of aromatic nitrogens is 2. The summed E-state index contributed by atoms with van der Waals surface area (Å²) < 4.78 is 35.1. The molecule has 2 aromatic carbocycles. The van der Waals surface area contributed by atoms with Gasteiger partial charge in [0.05, 0.1) is 6.61 Å². The normalized spacial score (nSPS) is 20.9. The summed E-state index contributed by atoms with van der Waals surface area (Å²) in [6, 6.07) is 14.7. The Morgan fingerprint density at radius 2 is 1.86 bits per heavy atom. The van der Waals surface area contributed by atoms with Gasteiger partial charge in [0.15, 0.2) is 0 Å². The molecule has 3 aromatic rings. The van der Waals surface area contributed by atoms with Gasteiger partial charge in [-0.2, -0.15) is 4.31 Å². The number of benzene rings is 2. The molecule has 1 aliphatic rings. The van der Waals surface area contributed by atoms with Crippen LogP contribution < -0.4 is 4.74 Å². The minimum Gasteiger partial charge on any atom is -0.487 e. The fraction of sp³-hybridized carbons (Fsp3) is 0.385. The molecular weight excluding hydrogens is 464 g/mol. The fourth-order valence-corrected chi connectivity index (χ4v) is 6.16. The van der Waals surface area contributed by atoms with E-state index in [1.165, 1.54) is 16.2 Å². The number of ether oxygens (including phenoxy) is 1. The zero-order valence-electron chi connectivity index (χ0n) is 20.3. The van der Waals surface area contributed by atoms with Crippen molar-refractivity contribution in [3.63, 3.8) is 0 Å². The van der Waals surface area contributed by atoms with E-state index in [-0.39, 0.29) is 30.1 Å². The van der Waals surface area contributed by atoms with Gasteiger partial charge in [-0.05, 0) is 37.2 Å². The van der Waals surface area contributed by atoms with Crippen molar-refractivity contribution < 1.29 is 18.3 Å². The molecule has 0 unspecified atom stereocenters. The van der Waals surface area contributed by atoms with Gasteiger partial charge in [-0.15, -0.1) is 0 Å². The zero-order valence-corrected chi connectivity index (χ0v) is 21.1. The molecule has 0 spiro atoms. The van der Waals surface area contributed by atoms with Crippen LogP contribution in [-0.4, -0.2) is 71.6 Å². The van der Waals surface area contributed by atoms with Crippen LogP contribution in [0.4, 0.5) is 0 Å². The smallest absolute Gasteiger partial charge is 0.247 e. The lowest BCUT2D eigenvalue weighted by atomic mass is 10.0. The average Bonchev–Trinajstić information content (AvgIpc) is 2.86. The molecule has 4 rings (SSSR count). The maximum atomic E-state index is 13.6. The van der Waals surface area contributed by atoms with E-state index in [9.17, 15) is 13.5 Å². The Kier molecular flexibility index (Phi) is 7.81. The molecule has 1 N–H and O–H groups in total. The van der Waals surface area contributed by atoms with Crippen molar-refractivity contribution in [2.24, 2.45) is 5.92 Å². The fourth-order valence-electron chi connectivity index (χ4n) is 4.34. The predicted molar refractivity (Wildman–Crippen MR) is 134 cm³/mol. The van der Waals surface area contributed by atoms with Crippen LogP contribution in [0.1, 0.15) is 19.4 Å². The largest absolute Gasteiger partial charge is 0.487 e. The van der Waals surface area contributed by atoms with Gasteiger partial charge in [0.2, 0.25) is 10.0 Å². The van der Waals surface area contributed by atoms with Crippen LogP contribution >= 0.6 is 0 Å². The Morgan fingerprint density at radius 1 is 1.14 bits per heavy atom. The molecule has 0 saturated heterocycles. The number of hydrogen-bond donors (Lipinski definition) is 1. The third-order valence-corrected chi connectivity index (χ3v) is 8.37. The number of nitrogens with zero attached hydrogens (tertiary/aromatic N) is 4. The minimum atomic E-state index is -3.88. The lowest BCUT2D eigenvalue weighted by Crippen LogP contribution is -2.49. The van der Waals surface area contributed by atoms with Crippen LogP contribution in [-0.2, 0) is 16.6 Å². The average molecular weight is 497 g/mol. The van der Waals surface area contributed by atoms with E-state index in [1.807, 2.05) is 32.2 Å². The molecule has 0 bridgehead atoms. The number of hydrogen-bond acceptors (Lipinski definition) is 7. The highest BCUT2D eigenvalue weighted by Gasteiger charge is 2.38. The number of rotatable bonds is 7. The van der Waals surface area contributed by atoms with E-state index in [0.29, 0.717) is 12.3 Å². The molecule has 0 amide bonds. The van der Waals surface area contributed by atoms with E-state index in [0.717, 1.165) is 17.7 Å². The van der Waals surface area contributed by atoms with Gasteiger partial charge >= 0.3 is 0 Å². The summed E-state index contributed by atoms with van der Waals surface area (Å²) in [6.07, 6.45) is 4.54. The Balaban J connectivity index is 1.72. The predicted octanol–water partition coefficient (Wildman–Crippen LogP) is 3.04. The second kappa shape index (κ2) is 10.8. The molecule has 35 heavy (non-hydrogen) atoms. The summed E-state index contributed by atoms with van der Waals surface area (Å²) in [5.74, 6) is 0.181. The molecule has 0 radical (unpaired) electrons. The number of aliphatic hydroxyl groups is 1. The van der Waals surface area contributed by atoms with Crippen molar-refractivity contribution in [1.82, 2.24) is 19.2 Å². The Morgan fingerprint density at radius 3 is 2.54 bits per heavy atom. The van der Waals surface area contributed by atoms with Crippen molar-refractivity contribution in [3.05, 3.63) is 72.8 Å². The summed E-state index contributed by atoms with van der Waals surface area (Å²) in [7, 11) is -1.85. The summed E-state index contributed by atoms with van der Waals surface area (Å²) in [6.45, 7) is 5.06. The second-order valence-electron chi connectivity index (χ2n) is 9.21. The van der Waals surface area contributed by atoms with Crippen LogP contribution in [0.3, 0.4) is 0 Å². The van der Waals surface area contributed by atoms with Gasteiger partial charge in [0.25, 0.3) is 0 Å². The first-order chi connectivity index (χ1) is 16.8. The number of aliphatic hydroxyl groups excluding tert-OH is 1. The summed E-state index contributed by atoms with van der Waals surface area (Å²) in [5, 5.41) is 9.82. The van der Waals surface area contributed by atoms with E-state index >= 15 is 0 Å². The van der Waals surface area contributed by atoms with E-state index in [2.05, 4.69) is 27.0 Å². The van der Waals surface area contributed by atoms with Crippen LogP contribution in [0.2, 0.25) is 0 Å². The van der Waals surface area contributed by atoms with Crippen molar-refractivity contribution in [2.75, 3.05) is 26.7 Å². The van der Waals surface area contributed by atoms with Gasteiger partial charge in [0.1, 0.15) is 23.1 Å². The Hall–Kier alpha value is -2.85. The molecule has 1 aliphatic heterocycles. The first-order valence-corrected chi connectivity index (χ1v) is 13.1. The van der Waals surface area contributed by atoms with E-state index in [1.54, 1.807) is 37.5 Å². The quantitative estimate of drug-likeness (QED) is 0.537. The molecule has 186 valence electrons. The van der Waals surface area contributed by atoms with Crippen LogP contribution in [0.15, 0.2) is 72.1 Å². The van der Waals surface area contributed by atoms with E-state index in [4.69, 9.17) is 4.74 Å². The third kappa shape index (κ3) is 5.70. The van der Waals surface area contributed by atoms with Crippen molar-refractivity contribution >= 4 is 10.0 Å². The lowest BCUT2D eigenvalue weighted by molar-refractivity contribution is 0.0734. The highest BCUT2D eigenvalue weighted by Crippen LogP contribution is 2.36. The minimum absolute atomic E-state index is 0.0982. The molecule has 0 aliphatic carbocycles. The number of fused-ring (bicyclic) bond motifs is 1. The topological polar surface area (TPSA) is 95.9 Å². The van der Waals surface area contributed by atoms with Crippen LogP contribution in [0.25, 0.3) is 11.1 Å². The molecule has 0 fully saturated rings. The molecule has 1 aromatic heterocycles.